The van der Waals surface area contributed by atoms with Crippen LogP contribution in [0.4, 0.5) is 0 Å². The van der Waals surface area contributed by atoms with Crippen molar-refractivity contribution in [3.05, 3.63) is 54.6 Å². The SMILES string of the molecule is CCOc1ccccc1-c1nn2c(-c3ccccc3)nnc2s1. The first-order chi connectivity index (χ1) is 11.4. The molecule has 0 aliphatic carbocycles. The minimum Gasteiger partial charge on any atom is -0.493 e. The molecular weight excluding hydrogens is 308 g/mol. The summed E-state index contributed by atoms with van der Waals surface area (Å²) < 4.78 is 7.49. The predicted molar refractivity (Wildman–Crippen MR) is 90.7 cm³/mol. The number of rotatable bonds is 4. The molecule has 0 bridgehead atoms. The van der Waals surface area contributed by atoms with E-state index in [2.05, 4.69) is 10.2 Å². The zero-order chi connectivity index (χ0) is 15.6. The van der Waals surface area contributed by atoms with Crippen LogP contribution < -0.4 is 4.74 Å². The van der Waals surface area contributed by atoms with Crippen molar-refractivity contribution in [1.29, 1.82) is 0 Å². The van der Waals surface area contributed by atoms with Crippen LogP contribution in [0.15, 0.2) is 54.6 Å². The molecule has 0 spiro atoms. The molecule has 0 N–H and O–H groups in total. The minimum absolute atomic E-state index is 0.621. The molecule has 0 aliphatic rings. The summed E-state index contributed by atoms with van der Waals surface area (Å²) in [5.74, 6) is 1.58. The molecule has 2 heterocycles. The smallest absolute Gasteiger partial charge is 0.235 e. The summed E-state index contributed by atoms with van der Waals surface area (Å²) in [6.07, 6.45) is 0. The molecule has 23 heavy (non-hydrogen) atoms. The Kier molecular flexibility index (Phi) is 3.51. The molecule has 4 rings (SSSR count). The Balaban J connectivity index is 1.84. The highest BCUT2D eigenvalue weighted by Crippen LogP contribution is 2.33. The summed E-state index contributed by atoms with van der Waals surface area (Å²) in [5, 5.41) is 14.1. The number of hydrogen-bond donors (Lipinski definition) is 0. The van der Waals surface area contributed by atoms with E-state index < -0.39 is 0 Å². The molecule has 0 radical (unpaired) electrons. The number of fused-ring (bicyclic) bond motifs is 1. The zero-order valence-corrected chi connectivity index (χ0v) is 13.3. The van der Waals surface area contributed by atoms with Gasteiger partial charge in [0, 0.05) is 5.56 Å². The Bertz CT molecular complexity index is 946. The average Bonchev–Trinajstić information content (AvgIpc) is 3.17. The van der Waals surface area contributed by atoms with Gasteiger partial charge < -0.3 is 4.74 Å². The fourth-order valence-corrected chi connectivity index (χ4v) is 3.29. The molecule has 0 fully saturated rings. The third-order valence-corrected chi connectivity index (χ3v) is 4.37. The Labute approximate surface area is 137 Å². The molecule has 6 heteroatoms. The lowest BCUT2D eigenvalue weighted by molar-refractivity contribution is 0.341. The van der Waals surface area contributed by atoms with Crippen LogP contribution in [-0.4, -0.2) is 26.4 Å². The first kappa shape index (κ1) is 13.9. The van der Waals surface area contributed by atoms with Crippen LogP contribution in [0, 0.1) is 0 Å². The Morgan fingerprint density at radius 2 is 1.78 bits per heavy atom. The first-order valence-electron chi connectivity index (χ1n) is 7.36. The molecule has 114 valence electrons. The van der Waals surface area contributed by atoms with Crippen LogP contribution in [-0.2, 0) is 0 Å². The second-order valence-electron chi connectivity index (χ2n) is 4.92. The zero-order valence-electron chi connectivity index (χ0n) is 12.5. The van der Waals surface area contributed by atoms with Crippen molar-refractivity contribution in [3.63, 3.8) is 0 Å². The molecule has 4 aromatic rings. The van der Waals surface area contributed by atoms with Crippen LogP contribution in [0.2, 0.25) is 0 Å². The van der Waals surface area contributed by atoms with E-state index >= 15 is 0 Å². The standard InChI is InChI=1S/C17H14N4OS/c1-2-22-14-11-7-6-10-13(14)16-20-21-15(18-19-17(21)23-16)12-8-4-3-5-9-12/h3-11H,2H2,1H3. The molecule has 0 amide bonds. The van der Waals surface area contributed by atoms with Gasteiger partial charge in [-0.15, -0.1) is 10.2 Å². The lowest BCUT2D eigenvalue weighted by Crippen LogP contribution is -1.95. The monoisotopic (exact) mass is 322 g/mol. The van der Waals surface area contributed by atoms with E-state index in [1.807, 2.05) is 61.5 Å². The normalized spacial score (nSPS) is 11.0. The molecule has 2 aromatic heterocycles. The van der Waals surface area contributed by atoms with Gasteiger partial charge in [0.1, 0.15) is 5.75 Å². The maximum atomic E-state index is 5.70. The number of para-hydroxylation sites is 1. The topological polar surface area (TPSA) is 52.3 Å². The lowest BCUT2D eigenvalue weighted by atomic mass is 10.2. The number of ether oxygens (including phenoxy) is 1. The highest BCUT2D eigenvalue weighted by atomic mass is 32.1. The van der Waals surface area contributed by atoms with E-state index in [-0.39, 0.29) is 0 Å². The van der Waals surface area contributed by atoms with Crippen LogP contribution in [0.5, 0.6) is 5.75 Å². The van der Waals surface area contributed by atoms with E-state index in [1.165, 1.54) is 11.3 Å². The van der Waals surface area contributed by atoms with Crippen LogP contribution >= 0.6 is 11.3 Å². The summed E-state index contributed by atoms with van der Waals surface area (Å²) in [5.41, 5.74) is 1.97. The number of aromatic nitrogens is 4. The van der Waals surface area contributed by atoms with Gasteiger partial charge in [0.05, 0.1) is 12.2 Å². The maximum absolute atomic E-state index is 5.70. The van der Waals surface area contributed by atoms with Gasteiger partial charge in [0.15, 0.2) is 10.8 Å². The predicted octanol–water partition coefficient (Wildman–Crippen LogP) is 3.92. The van der Waals surface area contributed by atoms with Gasteiger partial charge in [-0.25, -0.2) is 0 Å². The highest BCUT2D eigenvalue weighted by Gasteiger charge is 2.16. The van der Waals surface area contributed by atoms with Crippen molar-refractivity contribution >= 4 is 16.3 Å². The Morgan fingerprint density at radius 3 is 2.61 bits per heavy atom. The van der Waals surface area contributed by atoms with Crippen LogP contribution in [0.1, 0.15) is 6.92 Å². The van der Waals surface area contributed by atoms with Gasteiger partial charge in [-0.3, -0.25) is 0 Å². The Hall–Kier alpha value is -2.73. The molecule has 0 aliphatic heterocycles. The Morgan fingerprint density at radius 1 is 1.00 bits per heavy atom. The molecule has 2 aromatic carbocycles. The van der Waals surface area contributed by atoms with Gasteiger partial charge in [0.2, 0.25) is 4.96 Å². The third-order valence-electron chi connectivity index (χ3n) is 3.44. The van der Waals surface area contributed by atoms with Crippen molar-refractivity contribution in [2.75, 3.05) is 6.61 Å². The lowest BCUT2D eigenvalue weighted by Gasteiger charge is -2.06. The van der Waals surface area contributed by atoms with Crippen LogP contribution in [0.25, 0.3) is 26.9 Å². The van der Waals surface area contributed by atoms with E-state index in [0.717, 1.165) is 32.7 Å². The fourth-order valence-electron chi connectivity index (χ4n) is 2.42. The van der Waals surface area contributed by atoms with E-state index in [4.69, 9.17) is 9.84 Å². The summed E-state index contributed by atoms with van der Waals surface area (Å²) >= 11 is 1.50. The van der Waals surface area contributed by atoms with Gasteiger partial charge >= 0.3 is 0 Å². The maximum Gasteiger partial charge on any atom is 0.235 e. The largest absolute Gasteiger partial charge is 0.493 e. The number of nitrogens with zero attached hydrogens (tertiary/aromatic N) is 4. The fraction of sp³-hybridized carbons (Fsp3) is 0.118. The second kappa shape index (κ2) is 5.81. The van der Waals surface area contributed by atoms with E-state index in [9.17, 15) is 0 Å². The van der Waals surface area contributed by atoms with Crippen LogP contribution in [0.3, 0.4) is 0 Å². The average molecular weight is 322 g/mol. The summed E-state index contributed by atoms with van der Waals surface area (Å²) in [6, 6.07) is 17.9. The molecule has 0 saturated carbocycles. The molecule has 0 unspecified atom stereocenters. The van der Waals surface area contributed by atoms with Gasteiger partial charge in [-0.2, -0.15) is 9.61 Å². The van der Waals surface area contributed by atoms with E-state index in [0.29, 0.717) is 6.61 Å². The molecule has 0 saturated heterocycles. The molecule has 5 nitrogen and oxygen atoms in total. The quantitative estimate of drug-likeness (QED) is 0.571. The van der Waals surface area contributed by atoms with Crippen molar-refractivity contribution in [3.8, 4) is 27.7 Å². The summed E-state index contributed by atoms with van der Waals surface area (Å²) in [7, 11) is 0. The second-order valence-corrected chi connectivity index (χ2v) is 5.88. The number of benzene rings is 2. The highest BCUT2D eigenvalue weighted by molar-refractivity contribution is 7.19. The third kappa shape index (κ3) is 2.47. The van der Waals surface area contributed by atoms with Gasteiger partial charge in [0.25, 0.3) is 0 Å². The summed E-state index contributed by atoms with van der Waals surface area (Å²) in [6.45, 7) is 2.60. The number of hydrogen-bond acceptors (Lipinski definition) is 5. The minimum atomic E-state index is 0.621. The van der Waals surface area contributed by atoms with Crippen molar-refractivity contribution in [2.24, 2.45) is 0 Å². The van der Waals surface area contributed by atoms with Crippen molar-refractivity contribution in [2.45, 2.75) is 6.92 Å². The molecule has 0 atom stereocenters. The van der Waals surface area contributed by atoms with Crippen molar-refractivity contribution in [1.82, 2.24) is 19.8 Å². The van der Waals surface area contributed by atoms with Gasteiger partial charge in [-0.05, 0) is 19.1 Å². The van der Waals surface area contributed by atoms with Crippen molar-refractivity contribution < 1.29 is 4.74 Å². The first-order valence-corrected chi connectivity index (χ1v) is 8.18. The molecular formula is C17H14N4OS. The van der Waals surface area contributed by atoms with E-state index in [1.54, 1.807) is 4.52 Å². The summed E-state index contributed by atoms with van der Waals surface area (Å²) in [4.78, 5) is 0.769. The van der Waals surface area contributed by atoms with Gasteiger partial charge in [-0.1, -0.05) is 53.8 Å².